The Bertz CT molecular complexity index is 568. The quantitative estimate of drug-likeness (QED) is 0.875. The molecule has 0 saturated carbocycles. The van der Waals surface area contributed by atoms with Crippen molar-refractivity contribution in [2.45, 2.75) is 0 Å². The van der Waals surface area contributed by atoms with E-state index in [0.29, 0.717) is 36.3 Å². The number of nitrogens with two attached hydrogens (primary N) is 1. The zero-order chi connectivity index (χ0) is 11.8. The summed E-state index contributed by atoms with van der Waals surface area (Å²) >= 11 is 3.42. The van der Waals surface area contributed by atoms with Crippen LogP contribution in [0, 0.1) is 0 Å². The minimum atomic E-state index is 0.341. The van der Waals surface area contributed by atoms with Crippen LogP contribution in [0.15, 0.2) is 27.2 Å². The fourth-order valence-electron chi connectivity index (χ4n) is 1.71. The van der Waals surface area contributed by atoms with Gasteiger partial charge in [0.25, 0.3) is 0 Å². The normalized spacial score (nSPS) is 13.7. The zero-order valence-electron chi connectivity index (χ0n) is 8.77. The molecule has 2 heterocycles. The van der Waals surface area contributed by atoms with E-state index in [4.69, 9.17) is 19.7 Å². The van der Waals surface area contributed by atoms with Gasteiger partial charge in [-0.05, 0) is 28.1 Å². The predicted molar refractivity (Wildman–Crippen MR) is 65.0 cm³/mol. The van der Waals surface area contributed by atoms with Gasteiger partial charge in [-0.2, -0.15) is 0 Å². The van der Waals surface area contributed by atoms with Gasteiger partial charge in [-0.15, -0.1) is 0 Å². The minimum absolute atomic E-state index is 0.341. The van der Waals surface area contributed by atoms with Crippen molar-refractivity contribution >= 4 is 21.7 Å². The SMILES string of the molecule is Nc1cc(-c2ccc(Br)c3c2OCCO3)on1. The standard InChI is InChI=1S/C11H9BrN2O3/c12-7-2-1-6(8-5-9(13)14-17-8)10-11(7)16-4-3-15-10/h1-2,5H,3-4H2,(H2,13,14). The number of nitrogens with zero attached hydrogens (tertiary/aromatic N) is 1. The first-order chi connectivity index (χ1) is 8.25. The summed E-state index contributed by atoms with van der Waals surface area (Å²) in [6, 6.07) is 5.40. The number of halogens is 1. The number of hydrogen-bond donors (Lipinski definition) is 1. The average Bonchev–Trinajstić information content (AvgIpc) is 2.77. The van der Waals surface area contributed by atoms with Crippen LogP contribution in [-0.2, 0) is 0 Å². The Balaban J connectivity index is 2.17. The third kappa shape index (κ3) is 1.74. The molecular formula is C11H9BrN2O3. The van der Waals surface area contributed by atoms with E-state index in [2.05, 4.69) is 21.1 Å². The maximum atomic E-state index is 5.62. The van der Waals surface area contributed by atoms with Crippen LogP contribution in [0.2, 0.25) is 0 Å². The minimum Gasteiger partial charge on any atom is -0.485 e. The van der Waals surface area contributed by atoms with E-state index in [9.17, 15) is 0 Å². The van der Waals surface area contributed by atoms with Crippen LogP contribution in [0.4, 0.5) is 5.82 Å². The number of ether oxygens (including phenoxy) is 2. The third-order valence-corrected chi connectivity index (χ3v) is 3.06. The lowest BCUT2D eigenvalue weighted by atomic mass is 10.1. The van der Waals surface area contributed by atoms with Crippen LogP contribution in [0.1, 0.15) is 0 Å². The Labute approximate surface area is 106 Å². The molecule has 0 atom stereocenters. The summed E-state index contributed by atoms with van der Waals surface area (Å²) in [5.74, 6) is 2.25. The van der Waals surface area contributed by atoms with Gasteiger partial charge in [0.1, 0.15) is 13.2 Å². The Hall–Kier alpha value is -1.69. The van der Waals surface area contributed by atoms with Crippen molar-refractivity contribution in [2.24, 2.45) is 0 Å². The monoisotopic (exact) mass is 296 g/mol. The van der Waals surface area contributed by atoms with E-state index < -0.39 is 0 Å². The number of hydrogen-bond acceptors (Lipinski definition) is 5. The number of aromatic nitrogens is 1. The lowest BCUT2D eigenvalue weighted by Gasteiger charge is -2.21. The van der Waals surface area contributed by atoms with Crippen LogP contribution >= 0.6 is 15.9 Å². The number of anilines is 1. The Morgan fingerprint density at radius 3 is 2.65 bits per heavy atom. The van der Waals surface area contributed by atoms with Crippen molar-refractivity contribution in [3.63, 3.8) is 0 Å². The lowest BCUT2D eigenvalue weighted by Crippen LogP contribution is -2.16. The first-order valence-electron chi connectivity index (χ1n) is 5.06. The molecule has 0 spiro atoms. The largest absolute Gasteiger partial charge is 0.485 e. The molecule has 1 aliphatic heterocycles. The van der Waals surface area contributed by atoms with Crippen LogP contribution in [0.5, 0.6) is 11.5 Å². The van der Waals surface area contributed by atoms with Crippen LogP contribution < -0.4 is 15.2 Å². The van der Waals surface area contributed by atoms with Gasteiger partial charge in [0.2, 0.25) is 0 Å². The fraction of sp³-hybridized carbons (Fsp3) is 0.182. The number of fused-ring (bicyclic) bond motifs is 1. The lowest BCUT2D eigenvalue weighted by molar-refractivity contribution is 0.171. The highest BCUT2D eigenvalue weighted by molar-refractivity contribution is 9.10. The molecule has 0 fully saturated rings. The molecule has 0 amide bonds. The highest BCUT2D eigenvalue weighted by Crippen LogP contribution is 2.44. The molecule has 0 unspecified atom stereocenters. The van der Waals surface area contributed by atoms with E-state index >= 15 is 0 Å². The van der Waals surface area contributed by atoms with E-state index in [0.717, 1.165) is 10.0 Å². The molecule has 0 saturated heterocycles. The molecule has 88 valence electrons. The topological polar surface area (TPSA) is 70.5 Å². The fourth-order valence-corrected chi connectivity index (χ4v) is 2.14. The molecule has 2 N–H and O–H groups in total. The average molecular weight is 297 g/mol. The van der Waals surface area contributed by atoms with E-state index in [-0.39, 0.29) is 0 Å². The molecule has 0 bridgehead atoms. The van der Waals surface area contributed by atoms with E-state index in [1.54, 1.807) is 6.07 Å². The van der Waals surface area contributed by atoms with Crippen LogP contribution in [0.3, 0.4) is 0 Å². The van der Waals surface area contributed by atoms with Crippen molar-refractivity contribution in [3.8, 4) is 22.8 Å². The highest BCUT2D eigenvalue weighted by atomic mass is 79.9. The van der Waals surface area contributed by atoms with Crippen molar-refractivity contribution in [3.05, 3.63) is 22.7 Å². The van der Waals surface area contributed by atoms with Gasteiger partial charge in [0.05, 0.1) is 10.0 Å². The first-order valence-corrected chi connectivity index (χ1v) is 5.85. The van der Waals surface area contributed by atoms with Gasteiger partial charge in [0.15, 0.2) is 23.1 Å². The van der Waals surface area contributed by atoms with E-state index in [1.807, 2.05) is 12.1 Å². The molecule has 1 aromatic heterocycles. The molecule has 1 aromatic carbocycles. The summed E-state index contributed by atoms with van der Waals surface area (Å²) in [4.78, 5) is 0. The number of nitrogen functional groups attached to an aromatic ring is 1. The smallest absolute Gasteiger partial charge is 0.176 e. The second kappa shape index (κ2) is 3.96. The van der Waals surface area contributed by atoms with Crippen LogP contribution in [-0.4, -0.2) is 18.4 Å². The summed E-state index contributed by atoms with van der Waals surface area (Å²) in [6.07, 6.45) is 0. The second-order valence-electron chi connectivity index (χ2n) is 3.57. The van der Waals surface area contributed by atoms with Crippen molar-refractivity contribution in [2.75, 3.05) is 18.9 Å². The Kier molecular flexibility index (Phi) is 2.44. The third-order valence-electron chi connectivity index (χ3n) is 2.43. The molecular weight excluding hydrogens is 288 g/mol. The summed E-state index contributed by atoms with van der Waals surface area (Å²) in [5.41, 5.74) is 6.32. The van der Waals surface area contributed by atoms with Gasteiger partial charge in [-0.3, -0.25) is 0 Å². The Morgan fingerprint density at radius 1 is 1.18 bits per heavy atom. The molecule has 2 aromatic rings. The van der Waals surface area contributed by atoms with Gasteiger partial charge >= 0.3 is 0 Å². The molecule has 6 heteroatoms. The summed E-state index contributed by atoms with van der Waals surface area (Å²) in [5, 5.41) is 3.66. The van der Waals surface area contributed by atoms with Gasteiger partial charge in [-0.1, -0.05) is 5.16 Å². The molecule has 0 radical (unpaired) electrons. The molecule has 1 aliphatic rings. The van der Waals surface area contributed by atoms with Gasteiger partial charge < -0.3 is 19.7 Å². The van der Waals surface area contributed by atoms with E-state index in [1.165, 1.54) is 0 Å². The van der Waals surface area contributed by atoms with Gasteiger partial charge in [0, 0.05) is 6.07 Å². The summed E-state index contributed by atoms with van der Waals surface area (Å²) < 4.78 is 17.2. The van der Waals surface area contributed by atoms with Gasteiger partial charge in [-0.25, -0.2) is 0 Å². The zero-order valence-corrected chi connectivity index (χ0v) is 10.4. The molecule has 0 aliphatic carbocycles. The summed E-state index contributed by atoms with van der Waals surface area (Å²) in [7, 11) is 0. The van der Waals surface area contributed by atoms with Crippen molar-refractivity contribution in [1.82, 2.24) is 5.16 Å². The molecule has 5 nitrogen and oxygen atoms in total. The van der Waals surface area contributed by atoms with Crippen LogP contribution in [0.25, 0.3) is 11.3 Å². The predicted octanol–water partition coefficient (Wildman–Crippen LogP) is 2.46. The maximum Gasteiger partial charge on any atom is 0.176 e. The molecule has 17 heavy (non-hydrogen) atoms. The summed E-state index contributed by atoms with van der Waals surface area (Å²) in [6.45, 7) is 1.05. The molecule has 3 rings (SSSR count). The highest BCUT2D eigenvalue weighted by Gasteiger charge is 2.22. The van der Waals surface area contributed by atoms with Crippen molar-refractivity contribution < 1.29 is 14.0 Å². The first kappa shape index (κ1) is 10.5. The number of benzene rings is 1. The Morgan fingerprint density at radius 2 is 1.94 bits per heavy atom. The number of rotatable bonds is 1. The second-order valence-corrected chi connectivity index (χ2v) is 4.42. The maximum absolute atomic E-state index is 5.62. The van der Waals surface area contributed by atoms with Crippen molar-refractivity contribution in [1.29, 1.82) is 0 Å².